The van der Waals surface area contributed by atoms with Crippen molar-refractivity contribution < 1.29 is 27.1 Å². The van der Waals surface area contributed by atoms with Gasteiger partial charge in [0.05, 0.1) is 10.5 Å². The van der Waals surface area contributed by atoms with Crippen molar-refractivity contribution in [3.05, 3.63) is 53.8 Å². The van der Waals surface area contributed by atoms with Crippen molar-refractivity contribution in [1.82, 2.24) is 5.32 Å². The summed E-state index contributed by atoms with van der Waals surface area (Å²) in [5.74, 6) is -0.275. The van der Waals surface area contributed by atoms with Crippen LogP contribution in [0.4, 0.5) is 4.39 Å². The minimum atomic E-state index is -4.02. The molecule has 9 heteroatoms. The van der Waals surface area contributed by atoms with Gasteiger partial charge in [-0.2, -0.15) is 0 Å². The van der Waals surface area contributed by atoms with Gasteiger partial charge in [-0.15, -0.1) is 0 Å². The minimum absolute atomic E-state index is 0.202. The van der Waals surface area contributed by atoms with E-state index in [1.165, 1.54) is 0 Å². The average molecular weight is 380 g/mol. The molecule has 1 aliphatic rings. The topological polar surface area (TPSA) is 108 Å². The smallest absolute Gasteiger partial charge is 0.254 e. The van der Waals surface area contributed by atoms with Gasteiger partial charge in [-0.05, 0) is 30.3 Å². The zero-order valence-electron chi connectivity index (χ0n) is 13.6. The molecule has 26 heavy (non-hydrogen) atoms. The van der Waals surface area contributed by atoms with E-state index in [9.17, 15) is 17.6 Å². The van der Waals surface area contributed by atoms with Gasteiger partial charge >= 0.3 is 0 Å². The van der Waals surface area contributed by atoms with Gasteiger partial charge in [-0.3, -0.25) is 4.79 Å². The highest BCUT2D eigenvalue weighted by atomic mass is 32.2. The van der Waals surface area contributed by atoms with Crippen LogP contribution in [0, 0.1) is 5.82 Å². The van der Waals surface area contributed by atoms with Crippen LogP contribution in [0.2, 0.25) is 0 Å². The number of nitrogens with two attached hydrogens (primary N) is 1. The Morgan fingerprint density at radius 3 is 2.69 bits per heavy atom. The summed E-state index contributed by atoms with van der Waals surface area (Å²) < 4.78 is 47.8. The summed E-state index contributed by atoms with van der Waals surface area (Å²) in [4.78, 5) is 11.8. The molecule has 3 rings (SSSR count). The first-order valence-electron chi connectivity index (χ1n) is 7.83. The summed E-state index contributed by atoms with van der Waals surface area (Å²) in [5.41, 5.74) is -0.386. The predicted octanol–water partition coefficient (Wildman–Crippen LogP) is 1.43. The second-order valence-electron chi connectivity index (χ2n) is 5.73. The van der Waals surface area contributed by atoms with E-state index in [4.69, 9.17) is 14.6 Å². The zero-order valence-corrected chi connectivity index (χ0v) is 14.5. The molecule has 0 aliphatic carbocycles. The van der Waals surface area contributed by atoms with Gasteiger partial charge < -0.3 is 14.8 Å². The quantitative estimate of drug-likeness (QED) is 0.816. The summed E-state index contributed by atoms with van der Waals surface area (Å²) in [7, 11) is -4.02. The van der Waals surface area contributed by atoms with E-state index in [1.54, 1.807) is 12.1 Å². The molecule has 0 radical (unpaired) electrons. The first kappa shape index (κ1) is 18.2. The van der Waals surface area contributed by atoms with Crippen molar-refractivity contribution in [2.45, 2.75) is 17.4 Å². The molecular formula is C17H17FN2O5S. The minimum Gasteiger partial charge on any atom is -0.486 e. The Bertz CT molecular complexity index is 933. The molecule has 0 aromatic heterocycles. The van der Waals surface area contributed by atoms with Crippen LogP contribution < -0.4 is 19.9 Å². The molecule has 1 amide bonds. The number of benzene rings is 2. The number of ether oxygens (including phenoxy) is 2. The molecule has 2 aromatic carbocycles. The Hall–Kier alpha value is -2.65. The fraction of sp³-hybridized carbons (Fsp3) is 0.235. The molecule has 1 heterocycles. The summed E-state index contributed by atoms with van der Waals surface area (Å²) in [6.07, 6.45) is 0.183. The Kier molecular flexibility index (Phi) is 5.10. The summed E-state index contributed by atoms with van der Waals surface area (Å²) in [5, 5.41) is 7.54. The van der Waals surface area contributed by atoms with Crippen molar-refractivity contribution in [3.63, 3.8) is 0 Å². The number of halogens is 1. The van der Waals surface area contributed by atoms with Crippen molar-refractivity contribution in [3.8, 4) is 11.5 Å². The Labute approximate surface area is 150 Å². The van der Waals surface area contributed by atoms with Crippen molar-refractivity contribution in [1.29, 1.82) is 0 Å². The van der Waals surface area contributed by atoms with Gasteiger partial charge in [0.1, 0.15) is 18.5 Å². The van der Waals surface area contributed by atoms with Gasteiger partial charge in [0.25, 0.3) is 5.91 Å². The molecule has 1 aliphatic heterocycles. The fourth-order valence-corrected chi connectivity index (χ4v) is 3.04. The monoisotopic (exact) mass is 380 g/mol. The molecule has 0 saturated carbocycles. The number of para-hydroxylation sites is 2. The third-order valence-corrected chi connectivity index (χ3v) is 4.74. The Balaban J connectivity index is 1.58. The van der Waals surface area contributed by atoms with Crippen LogP contribution in [0.15, 0.2) is 47.4 Å². The second-order valence-corrected chi connectivity index (χ2v) is 7.29. The number of carbonyl (C=O) groups is 1. The maximum Gasteiger partial charge on any atom is 0.254 e. The lowest BCUT2D eigenvalue weighted by atomic mass is 10.2. The van der Waals surface area contributed by atoms with Crippen molar-refractivity contribution in [2.24, 2.45) is 5.14 Å². The number of fused-ring (bicyclic) bond motifs is 1. The maximum atomic E-state index is 13.8. The van der Waals surface area contributed by atoms with Crippen LogP contribution in [0.25, 0.3) is 0 Å². The van der Waals surface area contributed by atoms with E-state index in [0.29, 0.717) is 24.5 Å². The van der Waals surface area contributed by atoms with Crippen LogP contribution in [-0.4, -0.2) is 33.6 Å². The number of hydrogen-bond donors (Lipinski definition) is 2. The fourth-order valence-electron chi connectivity index (χ4n) is 2.50. The zero-order chi connectivity index (χ0) is 18.7. The number of primary sulfonamides is 1. The highest BCUT2D eigenvalue weighted by Gasteiger charge is 2.21. The van der Waals surface area contributed by atoms with E-state index in [-0.39, 0.29) is 23.1 Å². The first-order valence-corrected chi connectivity index (χ1v) is 9.38. The molecule has 0 fully saturated rings. The van der Waals surface area contributed by atoms with E-state index in [2.05, 4.69) is 5.32 Å². The van der Waals surface area contributed by atoms with E-state index >= 15 is 0 Å². The SMILES string of the molecule is NS(=O)(=O)c1ccc(F)c(C(=O)NCCC2COc3ccccc3O2)c1. The van der Waals surface area contributed by atoms with E-state index in [0.717, 1.165) is 18.2 Å². The molecule has 0 spiro atoms. The van der Waals surface area contributed by atoms with Crippen LogP contribution in [0.5, 0.6) is 11.5 Å². The Morgan fingerprint density at radius 2 is 1.96 bits per heavy atom. The number of nitrogens with one attached hydrogen (secondary N) is 1. The van der Waals surface area contributed by atoms with Crippen molar-refractivity contribution >= 4 is 15.9 Å². The predicted molar refractivity (Wildman–Crippen MR) is 91.1 cm³/mol. The Morgan fingerprint density at radius 1 is 1.23 bits per heavy atom. The molecule has 2 aromatic rings. The highest BCUT2D eigenvalue weighted by molar-refractivity contribution is 7.89. The van der Waals surface area contributed by atoms with Gasteiger partial charge in [0.15, 0.2) is 11.5 Å². The number of carbonyl (C=O) groups excluding carboxylic acids is 1. The lowest BCUT2D eigenvalue weighted by Gasteiger charge is -2.26. The largest absolute Gasteiger partial charge is 0.486 e. The number of rotatable bonds is 5. The number of sulfonamides is 1. The molecule has 7 nitrogen and oxygen atoms in total. The average Bonchev–Trinajstić information content (AvgIpc) is 2.61. The maximum absolute atomic E-state index is 13.8. The number of amides is 1. The normalized spacial score (nSPS) is 16.2. The molecule has 1 atom stereocenters. The van der Waals surface area contributed by atoms with Gasteiger partial charge in [-0.1, -0.05) is 12.1 Å². The van der Waals surface area contributed by atoms with Gasteiger partial charge in [0.2, 0.25) is 10.0 Å². The molecule has 0 bridgehead atoms. The standard InChI is InChI=1S/C17H17FN2O5S/c18-14-6-5-12(26(19,22)23)9-13(14)17(21)20-8-7-11-10-24-15-3-1-2-4-16(15)25-11/h1-6,9,11H,7-8,10H2,(H,20,21)(H2,19,22,23). The molecule has 138 valence electrons. The van der Waals surface area contributed by atoms with Crippen LogP contribution in [-0.2, 0) is 10.0 Å². The van der Waals surface area contributed by atoms with E-state index < -0.39 is 21.7 Å². The van der Waals surface area contributed by atoms with Gasteiger partial charge in [0, 0.05) is 13.0 Å². The molecule has 1 unspecified atom stereocenters. The summed E-state index contributed by atoms with van der Waals surface area (Å²) in [6, 6.07) is 10.1. The molecule has 0 saturated heterocycles. The van der Waals surface area contributed by atoms with E-state index in [1.807, 2.05) is 12.1 Å². The second kappa shape index (κ2) is 7.30. The van der Waals surface area contributed by atoms with Crippen LogP contribution in [0.3, 0.4) is 0 Å². The number of hydrogen-bond acceptors (Lipinski definition) is 5. The van der Waals surface area contributed by atoms with Crippen molar-refractivity contribution in [2.75, 3.05) is 13.2 Å². The van der Waals surface area contributed by atoms with Gasteiger partial charge in [-0.25, -0.2) is 17.9 Å². The lowest BCUT2D eigenvalue weighted by Crippen LogP contribution is -2.34. The molecular weight excluding hydrogens is 363 g/mol. The first-order chi connectivity index (χ1) is 12.3. The molecule has 3 N–H and O–H groups in total. The van der Waals surface area contributed by atoms with Crippen LogP contribution >= 0.6 is 0 Å². The lowest BCUT2D eigenvalue weighted by molar-refractivity contribution is 0.0811. The summed E-state index contributed by atoms with van der Waals surface area (Å²) in [6.45, 7) is 0.538. The third kappa shape index (κ3) is 4.12. The van der Waals surface area contributed by atoms with Crippen LogP contribution in [0.1, 0.15) is 16.8 Å². The third-order valence-electron chi connectivity index (χ3n) is 3.83. The summed E-state index contributed by atoms with van der Waals surface area (Å²) >= 11 is 0. The highest BCUT2D eigenvalue weighted by Crippen LogP contribution is 2.31.